The lowest BCUT2D eigenvalue weighted by molar-refractivity contribution is -0.141. The van der Waals surface area contributed by atoms with Crippen LogP contribution in [0.15, 0.2) is 43.9 Å². The molecule has 0 bridgehead atoms. The monoisotopic (exact) mass is 558 g/mol. The van der Waals surface area contributed by atoms with Gasteiger partial charge in [-0.25, -0.2) is 14.3 Å². The Labute approximate surface area is 221 Å². The molecule has 1 atom stereocenters. The molecule has 208 valence electrons. The Morgan fingerprint density at radius 3 is 2.67 bits per heavy atom. The van der Waals surface area contributed by atoms with Crippen molar-refractivity contribution < 1.29 is 22.5 Å². The molecule has 14 nitrogen and oxygen atoms in total. The first-order chi connectivity index (χ1) is 18.9. The van der Waals surface area contributed by atoms with Gasteiger partial charge < -0.3 is 19.7 Å². The van der Waals surface area contributed by atoms with Crippen molar-refractivity contribution in [2.24, 2.45) is 12.0 Å². The topological polar surface area (TPSA) is 167 Å². The van der Waals surface area contributed by atoms with Crippen LogP contribution in [0.4, 0.5) is 13.2 Å². The lowest BCUT2D eigenvalue weighted by Gasteiger charge is -2.22. The summed E-state index contributed by atoms with van der Waals surface area (Å²) in [6.45, 7) is 2.29. The van der Waals surface area contributed by atoms with Gasteiger partial charge in [-0.3, -0.25) is 24.1 Å². The Kier molecular flexibility index (Phi) is 6.56. The number of pyridine rings is 1. The van der Waals surface area contributed by atoms with Crippen molar-refractivity contribution in [1.29, 1.82) is 0 Å². The van der Waals surface area contributed by atoms with Crippen LogP contribution in [-0.4, -0.2) is 52.1 Å². The van der Waals surface area contributed by atoms with E-state index >= 15 is 0 Å². The minimum atomic E-state index is -4.58. The number of aliphatic imine (C=N–C) groups is 1. The van der Waals surface area contributed by atoms with Gasteiger partial charge in [-0.05, 0) is 25.5 Å². The van der Waals surface area contributed by atoms with Crippen molar-refractivity contribution in [2.45, 2.75) is 39.3 Å². The summed E-state index contributed by atoms with van der Waals surface area (Å²) in [4.78, 5) is 54.6. The number of nitrogens with one attached hydrogen (secondary N) is 2. The molecule has 0 spiro atoms. The Bertz CT molecular complexity index is 1810. The SMILES string of the molecule is Cc1noc(Cn2c(=O)c3c(ncn3CC(=O)NC3C=NC=C(c4cnc(C(F)(F)F)c(C)c4)N3)n(C)c2=O)n1. The van der Waals surface area contributed by atoms with Crippen LogP contribution in [0.1, 0.15) is 28.5 Å². The highest BCUT2D eigenvalue weighted by atomic mass is 19.4. The van der Waals surface area contributed by atoms with Crippen LogP contribution < -0.4 is 21.9 Å². The quantitative estimate of drug-likeness (QED) is 0.342. The Morgan fingerprint density at radius 1 is 1.23 bits per heavy atom. The van der Waals surface area contributed by atoms with Crippen molar-refractivity contribution >= 4 is 29.0 Å². The first kappa shape index (κ1) is 26.5. The molecule has 1 amide bonds. The average Bonchev–Trinajstić information content (AvgIpc) is 3.50. The lowest BCUT2D eigenvalue weighted by atomic mass is 10.1. The maximum atomic E-state index is 13.2. The number of amides is 1. The van der Waals surface area contributed by atoms with Gasteiger partial charge in [0.1, 0.15) is 24.9 Å². The maximum Gasteiger partial charge on any atom is 0.433 e. The van der Waals surface area contributed by atoms with Gasteiger partial charge in [0.25, 0.3) is 5.56 Å². The highest BCUT2D eigenvalue weighted by Gasteiger charge is 2.34. The van der Waals surface area contributed by atoms with Gasteiger partial charge in [-0.2, -0.15) is 18.2 Å². The highest BCUT2D eigenvalue weighted by molar-refractivity contribution is 5.84. The zero-order valence-corrected chi connectivity index (χ0v) is 21.2. The summed E-state index contributed by atoms with van der Waals surface area (Å²) in [7, 11) is 1.44. The van der Waals surface area contributed by atoms with E-state index in [-0.39, 0.29) is 35.7 Å². The van der Waals surface area contributed by atoms with Crippen molar-refractivity contribution in [3.63, 3.8) is 0 Å². The van der Waals surface area contributed by atoms with E-state index in [4.69, 9.17) is 4.52 Å². The fourth-order valence-electron chi connectivity index (χ4n) is 4.19. The number of nitrogens with zero attached hydrogens (tertiary/aromatic N) is 8. The van der Waals surface area contributed by atoms with E-state index in [0.717, 1.165) is 10.8 Å². The molecule has 0 fully saturated rings. The molecule has 4 aromatic rings. The number of halogens is 3. The molecule has 17 heteroatoms. The van der Waals surface area contributed by atoms with E-state index in [1.807, 2.05) is 0 Å². The maximum absolute atomic E-state index is 13.2. The van der Waals surface area contributed by atoms with E-state index in [9.17, 15) is 27.6 Å². The first-order valence-corrected chi connectivity index (χ1v) is 11.7. The number of hydrogen-bond acceptors (Lipinski definition) is 10. The molecule has 1 aliphatic rings. The van der Waals surface area contributed by atoms with Crippen LogP contribution in [0, 0.1) is 13.8 Å². The third kappa shape index (κ3) is 4.99. The number of aryl methyl sites for hydroxylation is 3. The molecule has 5 rings (SSSR count). The molecule has 4 aromatic heterocycles. The third-order valence-corrected chi connectivity index (χ3v) is 6.00. The van der Waals surface area contributed by atoms with Crippen LogP contribution in [0.25, 0.3) is 16.9 Å². The predicted octanol–water partition coefficient (Wildman–Crippen LogP) is 0.474. The van der Waals surface area contributed by atoms with Crippen molar-refractivity contribution in [2.75, 3.05) is 0 Å². The smallest absolute Gasteiger partial charge is 0.359 e. The van der Waals surface area contributed by atoms with Gasteiger partial charge in [-0.1, -0.05) is 5.16 Å². The molecule has 0 saturated carbocycles. The molecule has 0 saturated heterocycles. The van der Waals surface area contributed by atoms with Crippen LogP contribution >= 0.6 is 0 Å². The molecule has 1 unspecified atom stereocenters. The molecular weight excluding hydrogens is 537 g/mol. The summed E-state index contributed by atoms with van der Waals surface area (Å²) in [5, 5.41) is 9.29. The summed E-state index contributed by atoms with van der Waals surface area (Å²) in [5.41, 5.74) is -1.63. The normalized spacial score (nSPS) is 15.2. The number of hydrogen-bond donors (Lipinski definition) is 2. The summed E-state index contributed by atoms with van der Waals surface area (Å²) in [6, 6.07) is 1.32. The Hall–Kier alpha value is -5.09. The average molecular weight is 558 g/mol. The standard InChI is InChI=1S/C23H21F3N10O4/c1-11-4-13(5-28-19(11)23(24,25)26)14-6-27-7-15(31-14)32-16(37)8-35-10-29-20-18(35)21(38)36(22(39)34(20)3)9-17-30-12(2)33-40-17/h4-7,10,15,31H,8-9H2,1-3H3,(H,32,37). The van der Waals surface area contributed by atoms with Crippen molar-refractivity contribution in [1.82, 2.24) is 44.4 Å². The highest BCUT2D eigenvalue weighted by Crippen LogP contribution is 2.31. The Balaban J connectivity index is 1.33. The molecule has 0 aromatic carbocycles. The Morgan fingerprint density at radius 2 is 2.00 bits per heavy atom. The molecule has 2 N–H and O–H groups in total. The molecule has 0 radical (unpaired) electrons. The fraction of sp³-hybridized carbons (Fsp3) is 0.304. The molecule has 40 heavy (non-hydrogen) atoms. The molecule has 5 heterocycles. The number of fused-ring (bicyclic) bond motifs is 1. The van der Waals surface area contributed by atoms with Crippen LogP contribution in [0.5, 0.6) is 0 Å². The molecular formula is C23H21F3N10O4. The number of carbonyl (C=O) groups is 1. The second-order valence-corrected chi connectivity index (χ2v) is 8.93. The number of alkyl halides is 3. The third-order valence-electron chi connectivity index (χ3n) is 6.00. The predicted molar refractivity (Wildman–Crippen MR) is 133 cm³/mol. The van der Waals surface area contributed by atoms with Crippen LogP contribution in [0.2, 0.25) is 0 Å². The van der Waals surface area contributed by atoms with Gasteiger partial charge in [0.2, 0.25) is 11.8 Å². The fourth-order valence-corrected chi connectivity index (χ4v) is 4.19. The van der Waals surface area contributed by atoms with Gasteiger partial charge in [-0.15, -0.1) is 0 Å². The van der Waals surface area contributed by atoms with E-state index in [1.54, 1.807) is 6.92 Å². The second-order valence-electron chi connectivity index (χ2n) is 8.93. The van der Waals surface area contributed by atoms with E-state index in [0.29, 0.717) is 17.1 Å². The zero-order chi connectivity index (χ0) is 28.8. The number of imidazole rings is 1. The van der Waals surface area contributed by atoms with E-state index < -0.39 is 35.2 Å². The minimum absolute atomic E-state index is 0.00523. The van der Waals surface area contributed by atoms with Gasteiger partial charge >= 0.3 is 11.9 Å². The van der Waals surface area contributed by atoms with E-state index in [2.05, 4.69) is 35.7 Å². The van der Waals surface area contributed by atoms with E-state index in [1.165, 1.54) is 47.9 Å². The second kappa shape index (κ2) is 9.90. The summed E-state index contributed by atoms with van der Waals surface area (Å²) in [5.74, 6) is -0.145. The number of rotatable bonds is 6. The minimum Gasteiger partial charge on any atom is -0.359 e. The summed E-state index contributed by atoms with van der Waals surface area (Å²) >= 11 is 0. The largest absolute Gasteiger partial charge is 0.433 e. The summed E-state index contributed by atoms with van der Waals surface area (Å²) < 4.78 is 47.5. The lowest BCUT2D eigenvalue weighted by Crippen LogP contribution is -2.48. The first-order valence-electron chi connectivity index (χ1n) is 11.7. The van der Waals surface area contributed by atoms with Crippen molar-refractivity contribution in [3.05, 3.63) is 74.2 Å². The summed E-state index contributed by atoms with van der Waals surface area (Å²) in [6.07, 6.45) is -0.283. The number of carbonyl (C=O) groups excluding carboxylic acids is 1. The van der Waals surface area contributed by atoms with Gasteiger partial charge in [0.15, 0.2) is 17.0 Å². The zero-order valence-electron chi connectivity index (χ0n) is 21.2. The van der Waals surface area contributed by atoms with Gasteiger partial charge in [0, 0.05) is 25.0 Å². The van der Waals surface area contributed by atoms with Crippen LogP contribution in [0.3, 0.4) is 0 Å². The van der Waals surface area contributed by atoms with Gasteiger partial charge in [0.05, 0.1) is 18.2 Å². The number of aromatic nitrogens is 7. The van der Waals surface area contributed by atoms with Crippen molar-refractivity contribution in [3.8, 4) is 0 Å². The molecule has 1 aliphatic heterocycles. The van der Waals surface area contributed by atoms with Crippen LogP contribution in [-0.2, 0) is 31.1 Å². The molecule has 0 aliphatic carbocycles.